The smallest absolute Gasteiger partial charge is 0.178 e. The third kappa shape index (κ3) is 2.82. The Morgan fingerprint density at radius 3 is 2.53 bits per heavy atom. The van der Waals surface area contributed by atoms with Crippen LogP contribution in [-0.4, -0.2) is 15.0 Å². The molecule has 88 valence electrons. The Morgan fingerprint density at radius 1 is 1.24 bits per heavy atom. The first kappa shape index (κ1) is 12.5. The zero-order valence-electron chi connectivity index (χ0n) is 9.48. The van der Waals surface area contributed by atoms with Crippen molar-refractivity contribution in [2.45, 2.75) is 19.2 Å². The van der Waals surface area contributed by atoms with Crippen LogP contribution in [0.2, 0.25) is 0 Å². The van der Waals surface area contributed by atoms with Gasteiger partial charge in [-0.3, -0.25) is 4.98 Å². The largest absolute Gasteiger partial charge is 0.252 e. The summed E-state index contributed by atoms with van der Waals surface area (Å²) in [5.74, 6) is 0.621. The lowest BCUT2D eigenvalue weighted by atomic mass is 10.2. The quantitative estimate of drug-likeness (QED) is 0.789. The van der Waals surface area contributed by atoms with Crippen molar-refractivity contribution in [1.29, 1.82) is 0 Å². The fraction of sp³-hybridized carbons (Fsp3) is 0.250. The summed E-state index contributed by atoms with van der Waals surface area (Å²) >= 11 is 9.37. The summed E-state index contributed by atoms with van der Waals surface area (Å²) < 4.78 is 0.934. The first-order valence-electron chi connectivity index (χ1n) is 5.17. The molecule has 2 rings (SSSR count). The van der Waals surface area contributed by atoms with Crippen LogP contribution < -0.4 is 0 Å². The molecule has 2 aromatic heterocycles. The molecular weight excluding hydrogens is 302 g/mol. The van der Waals surface area contributed by atoms with Crippen LogP contribution in [0.25, 0.3) is 11.5 Å². The van der Waals surface area contributed by atoms with Crippen LogP contribution in [0.3, 0.4) is 0 Å². The van der Waals surface area contributed by atoms with Crippen molar-refractivity contribution < 1.29 is 0 Å². The molecule has 2 heterocycles. The van der Waals surface area contributed by atoms with Gasteiger partial charge in [0.15, 0.2) is 5.82 Å². The van der Waals surface area contributed by atoms with Gasteiger partial charge in [-0.1, -0.05) is 0 Å². The number of nitrogens with zero attached hydrogens (tertiary/aromatic N) is 3. The lowest BCUT2D eigenvalue weighted by molar-refractivity contribution is 0.971. The summed E-state index contributed by atoms with van der Waals surface area (Å²) in [7, 11) is 0. The molecule has 5 heteroatoms. The second-order valence-electron chi connectivity index (χ2n) is 3.71. The van der Waals surface area contributed by atoms with E-state index in [1.807, 2.05) is 26.0 Å². The van der Waals surface area contributed by atoms with Gasteiger partial charge in [0.05, 0.1) is 5.38 Å². The minimum atomic E-state index is -0.0815. The molecule has 0 aromatic carbocycles. The summed E-state index contributed by atoms with van der Waals surface area (Å²) in [4.78, 5) is 13.0. The SMILES string of the molecule is Cc1nc(-c2ccc(Br)cn2)ncc1C(C)Cl. The Labute approximate surface area is 113 Å². The fourth-order valence-corrected chi connectivity index (χ4v) is 1.95. The van der Waals surface area contributed by atoms with Crippen molar-refractivity contribution in [3.05, 3.63) is 40.3 Å². The van der Waals surface area contributed by atoms with Gasteiger partial charge in [0.2, 0.25) is 0 Å². The van der Waals surface area contributed by atoms with Crippen molar-refractivity contribution >= 4 is 27.5 Å². The maximum atomic E-state index is 6.03. The standard InChI is InChI=1S/C12H11BrClN3/c1-7(14)10-6-16-12(17-8(10)2)11-4-3-9(13)5-15-11/h3-7H,1-2H3. The van der Waals surface area contributed by atoms with Crippen LogP contribution in [0, 0.1) is 6.92 Å². The van der Waals surface area contributed by atoms with E-state index in [0.29, 0.717) is 5.82 Å². The summed E-state index contributed by atoms with van der Waals surface area (Å²) in [6.45, 7) is 3.84. The van der Waals surface area contributed by atoms with E-state index in [1.165, 1.54) is 0 Å². The first-order chi connectivity index (χ1) is 8.08. The van der Waals surface area contributed by atoms with Gasteiger partial charge in [-0.05, 0) is 41.9 Å². The van der Waals surface area contributed by atoms with Crippen LogP contribution in [0.5, 0.6) is 0 Å². The third-order valence-corrected chi connectivity index (χ3v) is 3.11. The Kier molecular flexibility index (Phi) is 3.74. The van der Waals surface area contributed by atoms with E-state index in [-0.39, 0.29) is 5.38 Å². The van der Waals surface area contributed by atoms with E-state index in [4.69, 9.17) is 11.6 Å². The molecule has 0 amide bonds. The van der Waals surface area contributed by atoms with Crippen LogP contribution >= 0.6 is 27.5 Å². The minimum Gasteiger partial charge on any atom is -0.252 e. The van der Waals surface area contributed by atoms with Crippen molar-refractivity contribution in [2.75, 3.05) is 0 Å². The molecule has 0 radical (unpaired) electrons. The van der Waals surface area contributed by atoms with Gasteiger partial charge in [-0.2, -0.15) is 0 Å². The molecule has 0 bridgehead atoms. The number of aryl methyl sites for hydroxylation is 1. The summed E-state index contributed by atoms with van der Waals surface area (Å²) in [5, 5.41) is -0.0815. The summed E-state index contributed by atoms with van der Waals surface area (Å²) in [5.41, 5.74) is 2.60. The molecule has 0 fully saturated rings. The topological polar surface area (TPSA) is 38.7 Å². The van der Waals surface area contributed by atoms with Gasteiger partial charge in [-0.25, -0.2) is 9.97 Å². The highest BCUT2D eigenvalue weighted by molar-refractivity contribution is 9.10. The Hall–Kier alpha value is -1.00. The first-order valence-corrected chi connectivity index (χ1v) is 6.40. The van der Waals surface area contributed by atoms with Crippen LogP contribution in [-0.2, 0) is 0 Å². The maximum Gasteiger partial charge on any atom is 0.178 e. The van der Waals surface area contributed by atoms with E-state index in [2.05, 4.69) is 30.9 Å². The predicted molar refractivity (Wildman–Crippen MR) is 72.0 cm³/mol. The number of hydrogen-bond acceptors (Lipinski definition) is 3. The number of aromatic nitrogens is 3. The van der Waals surface area contributed by atoms with E-state index >= 15 is 0 Å². The molecule has 2 aromatic rings. The van der Waals surface area contributed by atoms with Gasteiger partial charge in [0.1, 0.15) is 5.69 Å². The zero-order valence-corrected chi connectivity index (χ0v) is 11.8. The average Bonchev–Trinajstić information content (AvgIpc) is 2.29. The van der Waals surface area contributed by atoms with E-state index < -0.39 is 0 Å². The molecule has 1 unspecified atom stereocenters. The van der Waals surface area contributed by atoms with Crippen molar-refractivity contribution in [2.24, 2.45) is 0 Å². The lowest BCUT2D eigenvalue weighted by Crippen LogP contribution is -1.99. The normalized spacial score (nSPS) is 12.5. The van der Waals surface area contributed by atoms with E-state index in [0.717, 1.165) is 21.4 Å². The second kappa shape index (κ2) is 5.10. The third-order valence-electron chi connectivity index (χ3n) is 2.40. The molecule has 0 aliphatic rings. The molecular formula is C12H11BrClN3. The number of halogens is 2. The fourth-order valence-electron chi connectivity index (χ4n) is 1.50. The number of hydrogen-bond donors (Lipinski definition) is 0. The van der Waals surface area contributed by atoms with Gasteiger partial charge in [0.25, 0.3) is 0 Å². The van der Waals surface area contributed by atoms with Crippen LogP contribution in [0.1, 0.15) is 23.6 Å². The summed E-state index contributed by atoms with van der Waals surface area (Å²) in [6, 6.07) is 3.79. The number of alkyl halides is 1. The highest BCUT2D eigenvalue weighted by atomic mass is 79.9. The molecule has 0 N–H and O–H groups in total. The second-order valence-corrected chi connectivity index (χ2v) is 5.28. The van der Waals surface area contributed by atoms with Crippen LogP contribution in [0.4, 0.5) is 0 Å². The van der Waals surface area contributed by atoms with Gasteiger partial charge in [-0.15, -0.1) is 11.6 Å². The molecule has 0 saturated carbocycles. The molecule has 0 saturated heterocycles. The number of pyridine rings is 1. The van der Waals surface area contributed by atoms with E-state index in [1.54, 1.807) is 12.4 Å². The van der Waals surface area contributed by atoms with E-state index in [9.17, 15) is 0 Å². The van der Waals surface area contributed by atoms with Gasteiger partial charge < -0.3 is 0 Å². The lowest BCUT2D eigenvalue weighted by Gasteiger charge is -2.07. The Morgan fingerprint density at radius 2 is 2.00 bits per heavy atom. The molecule has 0 aliphatic heterocycles. The Balaban J connectivity index is 2.41. The molecule has 0 aliphatic carbocycles. The van der Waals surface area contributed by atoms with Gasteiger partial charge >= 0.3 is 0 Å². The Bertz CT molecular complexity index is 526. The molecule has 3 nitrogen and oxygen atoms in total. The molecule has 17 heavy (non-hydrogen) atoms. The van der Waals surface area contributed by atoms with Crippen molar-refractivity contribution in [3.8, 4) is 11.5 Å². The molecule has 0 spiro atoms. The average molecular weight is 313 g/mol. The zero-order chi connectivity index (χ0) is 12.4. The van der Waals surface area contributed by atoms with Gasteiger partial charge in [0, 0.05) is 28.1 Å². The number of rotatable bonds is 2. The highest BCUT2D eigenvalue weighted by Gasteiger charge is 2.10. The van der Waals surface area contributed by atoms with Crippen molar-refractivity contribution in [3.63, 3.8) is 0 Å². The minimum absolute atomic E-state index is 0.0815. The summed E-state index contributed by atoms with van der Waals surface area (Å²) in [6.07, 6.45) is 3.49. The van der Waals surface area contributed by atoms with Crippen LogP contribution in [0.15, 0.2) is 29.0 Å². The highest BCUT2D eigenvalue weighted by Crippen LogP contribution is 2.23. The maximum absolute atomic E-state index is 6.03. The predicted octanol–water partition coefficient (Wildman–Crippen LogP) is 3.91. The molecule has 1 atom stereocenters. The monoisotopic (exact) mass is 311 g/mol. The van der Waals surface area contributed by atoms with Crippen molar-refractivity contribution in [1.82, 2.24) is 15.0 Å².